The number of unbranched alkanes of at least 4 members (excludes halogenated alkanes) is 12. The van der Waals surface area contributed by atoms with Crippen molar-refractivity contribution in [3.05, 3.63) is 85.1 Å². The summed E-state index contributed by atoms with van der Waals surface area (Å²) in [5, 5.41) is 9.28. The van der Waals surface area contributed by atoms with Gasteiger partial charge in [0.25, 0.3) is 7.82 Å². The van der Waals surface area contributed by atoms with Crippen molar-refractivity contribution >= 4 is 19.8 Å². The first kappa shape index (κ1) is 59.1. The average Bonchev–Trinajstić information content (AvgIpc) is 3.21. The van der Waals surface area contributed by atoms with E-state index in [4.69, 9.17) is 18.5 Å². The van der Waals surface area contributed by atoms with Crippen molar-refractivity contribution in [1.82, 2.24) is 0 Å². The highest BCUT2D eigenvalue weighted by molar-refractivity contribution is 7.45. The Bertz CT molecular complexity index is 1340. The Labute approximate surface area is 378 Å². The van der Waals surface area contributed by atoms with Crippen molar-refractivity contribution in [3.8, 4) is 0 Å². The van der Waals surface area contributed by atoms with Crippen LogP contribution in [0.1, 0.15) is 168 Å². The zero-order valence-electron chi connectivity index (χ0n) is 39.6. The Morgan fingerprint density at radius 1 is 0.581 bits per heavy atom. The third-order valence-corrected chi connectivity index (χ3v) is 10.6. The van der Waals surface area contributed by atoms with Gasteiger partial charge in [-0.1, -0.05) is 137 Å². The minimum absolute atomic E-state index is 0.0521. The predicted octanol–water partition coefficient (Wildman–Crippen LogP) is 12.3. The van der Waals surface area contributed by atoms with Crippen LogP contribution in [-0.2, 0) is 32.7 Å². The number of rotatable bonds is 42. The fourth-order valence-electron chi connectivity index (χ4n) is 5.91. The van der Waals surface area contributed by atoms with Gasteiger partial charge in [-0.05, 0) is 103 Å². The lowest BCUT2D eigenvalue weighted by atomic mass is 10.1. The second-order valence-corrected chi connectivity index (χ2v) is 18.5. The number of hydrogen-bond acceptors (Lipinski definition) is 9. The molecule has 62 heavy (non-hydrogen) atoms. The molecule has 1 unspecified atom stereocenters. The van der Waals surface area contributed by atoms with Gasteiger partial charge in [-0.2, -0.15) is 0 Å². The molecular weight excluding hydrogens is 802 g/mol. The Morgan fingerprint density at radius 2 is 1.02 bits per heavy atom. The highest BCUT2D eigenvalue weighted by atomic mass is 31.2. The van der Waals surface area contributed by atoms with E-state index in [0.717, 1.165) is 89.9 Å². The molecule has 0 bridgehead atoms. The van der Waals surface area contributed by atoms with Gasteiger partial charge in [-0.3, -0.25) is 14.2 Å². The second kappa shape index (κ2) is 42.1. The van der Waals surface area contributed by atoms with E-state index in [9.17, 15) is 24.2 Å². The van der Waals surface area contributed by atoms with Crippen molar-refractivity contribution in [2.45, 2.75) is 180 Å². The van der Waals surface area contributed by atoms with Crippen LogP contribution in [0, 0.1) is 0 Å². The molecule has 1 N–H and O–H groups in total. The van der Waals surface area contributed by atoms with Crippen molar-refractivity contribution < 1.29 is 47.2 Å². The summed E-state index contributed by atoms with van der Waals surface area (Å²) in [6.45, 7) is 3.66. The van der Waals surface area contributed by atoms with Gasteiger partial charge >= 0.3 is 11.9 Å². The number of phosphoric ester groups is 1. The largest absolute Gasteiger partial charge is 0.756 e. The zero-order chi connectivity index (χ0) is 45.8. The number of ether oxygens (including phenoxy) is 2. The first-order valence-electron chi connectivity index (χ1n) is 23.8. The predicted molar refractivity (Wildman–Crippen MR) is 255 cm³/mol. The highest BCUT2D eigenvalue weighted by Crippen LogP contribution is 2.38. The van der Waals surface area contributed by atoms with Crippen LogP contribution >= 0.6 is 7.82 Å². The number of phosphoric acid groups is 1. The number of esters is 2. The first-order valence-corrected chi connectivity index (χ1v) is 25.3. The number of likely N-dealkylation sites (N-methyl/N-ethyl adjacent to an activating group) is 1. The van der Waals surface area contributed by atoms with E-state index >= 15 is 0 Å². The van der Waals surface area contributed by atoms with Crippen LogP contribution in [0.2, 0.25) is 0 Å². The lowest BCUT2D eigenvalue weighted by molar-refractivity contribution is -0.870. The maximum atomic E-state index is 12.7. The fraction of sp³-hybridized carbons (Fsp3) is 0.686. The molecule has 10 nitrogen and oxygen atoms in total. The topological polar surface area (TPSA) is 131 Å². The van der Waals surface area contributed by atoms with E-state index in [1.54, 1.807) is 0 Å². The van der Waals surface area contributed by atoms with Gasteiger partial charge in [-0.15, -0.1) is 0 Å². The normalized spacial score (nSPS) is 14.8. The summed E-state index contributed by atoms with van der Waals surface area (Å²) in [6, 6.07) is 0. The summed E-state index contributed by atoms with van der Waals surface area (Å²) in [6.07, 6.45) is 51.7. The molecule has 3 atom stereocenters. The fourth-order valence-corrected chi connectivity index (χ4v) is 6.64. The molecule has 0 aliphatic heterocycles. The quantitative estimate of drug-likeness (QED) is 0.0209. The number of nitrogens with zero attached hydrogens (tertiary/aromatic N) is 1. The Kier molecular flexibility index (Phi) is 40.2. The van der Waals surface area contributed by atoms with Crippen molar-refractivity contribution in [2.24, 2.45) is 0 Å². The molecule has 0 saturated heterocycles. The van der Waals surface area contributed by atoms with Gasteiger partial charge in [0.1, 0.15) is 19.8 Å². The van der Waals surface area contributed by atoms with E-state index in [0.29, 0.717) is 30.3 Å². The minimum atomic E-state index is -4.66. The van der Waals surface area contributed by atoms with Gasteiger partial charge in [-0.25, -0.2) is 0 Å². The molecule has 0 fully saturated rings. The van der Waals surface area contributed by atoms with E-state index in [-0.39, 0.29) is 32.2 Å². The molecule has 0 saturated carbocycles. The van der Waals surface area contributed by atoms with Crippen molar-refractivity contribution in [2.75, 3.05) is 47.5 Å². The summed E-state index contributed by atoms with van der Waals surface area (Å²) >= 11 is 0. The molecule has 0 amide bonds. The Morgan fingerprint density at radius 3 is 1.52 bits per heavy atom. The van der Waals surface area contributed by atoms with E-state index in [1.807, 2.05) is 34.1 Å². The smallest absolute Gasteiger partial charge is 0.306 e. The number of aliphatic hydroxyl groups is 1. The molecule has 11 heteroatoms. The van der Waals surface area contributed by atoms with Crippen LogP contribution in [0.4, 0.5) is 0 Å². The third-order valence-electron chi connectivity index (χ3n) is 9.66. The number of quaternary nitrogens is 1. The van der Waals surface area contributed by atoms with Crippen LogP contribution in [0.3, 0.4) is 0 Å². The molecule has 0 rings (SSSR count). The second-order valence-electron chi connectivity index (χ2n) is 17.0. The van der Waals surface area contributed by atoms with E-state index < -0.39 is 32.5 Å². The van der Waals surface area contributed by atoms with Gasteiger partial charge in [0, 0.05) is 12.8 Å². The van der Waals surface area contributed by atoms with Gasteiger partial charge in [0.2, 0.25) is 0 Å². The molecule has 0 aromatic heterocycles. The number of carbonyl (C=O) groups is 2. The molecule has 356 valence electrons. The molecule has 0 radical (unpaired) electrons. The number of aliphatic hydroxyl groups excluding tert-OH is 1. The lowest BCUT2D eigenvalue weighted by Gasteiger charge is -2.28. The highest BCUT2D eigenvalue weighted by Gasteiger charge is 2.21. The third kappa shape index (κ3) is 46.6. The Hall–Kier alpha value is -2.85. The number of allylic oxidation sites excluding steroid dienone is 14. The SMILES string of the molecule is CCCCCC/C=C\C/C=C\C/C=C\CCCCCCCCC(=O)O[C@H](COC(=O)CCC/C=C\C/C=C\C/C=C\C/C=C\CCC[C@@H](C)O)COP(=O)([O-])OCC[N+](C)(C)C. The average molecular weight is 890 g/mol. The van der Waals surface area contributed by atoms with Crippen LogP contribution in [-0.4, -0.2) is 81.2 Å². The first-order chi connectivity index (χ1) is 29.8. The number of carbonyl (C=O) groups excluding carboxylic acids is 2. The van der Waals surface area contributed by atoms with Gasteiger partial charge < -0.3 is 33.0 Å². The molecular formula is C51H88NO9P. The van der Waals surface area contributed by atoms with Gasteiger partial charge in [0.05, 0.1) is 33.9 Å². The minimum Gasteiger partial charge on any atom is -0.756 e. The van der Waals surface area contributed by atoms with Crippen LogP contribution in [0.15, 0.2) is 85.1 Å². The van der Waals surface area contributed by atoms with Gasteiger partial charge in [0.15, 0.2) is 6.10 Å². The molecule has 0 spiro atoms. The maximum absolute atomic E-state index is 12.7. The molecule has 0 heterocycles. The summed E-state index contributed by atoms with van der Waals surface area (Å²) in [5.74, 6) is -0.938. The molecule has 0 aliphatic rings. The zero-order valence-corrected chi connectivity index (χ0v) is 40.5. The standard InChI is InChI=1S/C51H88NO9P/c1-6-7-8-9-10-11-12-13-14-15-16-17-18-21-25-28-31-34-37-40-43-51(55)61-49(47-60-62(56,57)59-45-44-52(3,4)5)46-58-50(54)42-39-36-33-30-27-24-22-19-20-23-26-29-32-35-38-41-48(2)53/h11-12,14-15,17-18,20,22-24,29-30,32-33,48-49,53H,6-10,13,16,19,21,25-28,31,34-47H2,1-5H3/b12-11-,15-14-,18-17-,23-20-,24-22-,32-29-,33-30-/t48-,49-/m1/s1. The van der Waals surface area contributed by atoms with Crippen molar-refractivity contribution in [1.29, 1.82) is 0 Å². The molecule has 0 aromatic carbocycles. The van der Waals surface area contributed by atoms with E-state index in [2.05, 4.69) is 85.9 Å². The number of hydrogen-bond donors (Lipinski definition) is 1. The van der Waals surface area contributed by atoms with Crippen LogP contribution in [0.25, 0.3) is 0 Å². The van der Waals surface area contributed by atoms with Crippen LogP contribution < -0.4 is 4.89 Å². The summed E-state index contributed by atoms with van der Waals surface area (Å²) in [7, 11) is 1.09. The summed E-state index contributed by atoms with van der Waals surface area (Å²) < 4.78 is 33.9. The summed E-state index contributed by atoms with van der Waals surface area (Å²) in [5.41, 5.74) is 0. The maximum Gasteiger partial charge on any atom is 0.306 e. The summed E-state index contributed by atoms with van der Waals surface area (Å²) in [4.78, 5) is 37.6. The molecule has 0 aliphatic carbocycles. The lowest BCUT2D eigenvalue weighted by Crippen LogP contribution is -2.37. The Balaban J connectivity index is 4.44. The van der Waals surface area contributed by atoms with Crippen molar-refractivity contribution in [3.63, 3.8) is 0 Å². The monoisotopic (exact) mass is 890 g/mol. The van der Waals surface area contributed by atoms with E-state index in [1.165, 1.54) is 32.1 Å². The molecule has 0 aromatic rings. The van der Waals surface area contributed by atoms with Crippen LogP contribution in [0.5, 0.6) is 0 Å².